The Kier molecular flexibility index (Phi) is 3.33. The van der Waals surface area contributed by atoms with E-state index in [2.05, 4.69) is 4.40 Å². The standard InChI is InChI=1S/C13H17NO2S/c1-13(2,3)17(15)14-9-11-8-10-6-4-5-7-12(10)16-11/h4-7,9,11H,8H2,1-3H3/b14-9+/t11?,17-/m1/s1. The van der Waals surface area contributed by atoms with E-state index in [-0.39, 0.29) is 10.9 Å². The number of hydrogen-bond donors (Lipinski definition) is 0. The Balaban J connectivity index is 2.01. The lowest BCUT2D eigenvalue weighted by Crippen LogP contribution is -2.22. The molecular formula is C13H17NO2S. The molecule has 0 amide bonds. The highest BCUT2D eigenvalue weighted by Crippen LogP contribution is 2.27. The normalized spacial score (nSPS) is 21.2. The van der Waals surface area contributed by atoms with E-state index < -0.39 is 11.0 Å². The lowest BCUT2D eigenvalue weighted by atomic mass is 10.1. The Morgan fingerprint density at radius 2 is 2.12 bits per heavy atom. The van der Waals surface area contributed by atoms with Crippen LogP contribution in [0.2, 0.25) is 0 Å². The van der Waals surface area contributed by atoms with Gasteiger partial charge < -0.3 is 4.74 Å². The van der Waals surface area contributed by atoms with Gasteiger partial charge in [0.25, 0.3) is 0 Å². The molecule has 0 saturated heterocycles. The van der Waals surface area contributed by atoms with E-state index in [0.29, 0.717) is 0 Å². The van der Waals surface area contributed by atoms with Crippen LogP contribution in [0.25, 0.3) is 0 Å². The van der Waals surface area contributed by atoms with Gasteiger partial charge in [0.1, 0.15) is 22.8 Å². The average molecular weight is 251 g/mol. The van der Waals surface area contributed by atoms with Crippen molar-refractivity contribution in [2.45, 2.75) is 38.0 Å². The van der Waals surface area contributed by atoms with Gasteiger partial charge in [-0.2, -0.15) is 4.40 Å². The molecule has 0 radical (unpaired) electrons. The van der Waals surface area contributed by atoms with Crippen molar-refractivity contribution >= 4 is 17.2 Å². The molecule has 0 bridgehead atoms. The fourth-order valence-electron chi connectivity index (χ4n) is 1.57. The smallest absolute Gasteiger partial charge is 0.144 e. The minimum atomic E-state index is -1.21. The third-order valence-corrected chi connectivity index (χ3v) is 3.88. The van der Waals surface area contributed by atoms with Gasteiger partial charge >= 0.3 is 0 Å². The van der Waals surface area contributed by atoms with Gasteiger partial charge in [-0.1, -0.05) is 18.2 Å². The fraction of sp³-hybridized carbons (Fsp3) is 0.462. The SMILES string of the molecule is CC(C)(C)[S@@](=O)/N=C/C1Cc2ccccc2O1. The van der Waals surface area contributed by atoms with Crippen LogP contribution >= 0.6 is 0 Å². The van der Waals surface area contributed by atoms with Crippen molar-refractivity contribution in [1.29, 1.82) is 0 Å². The zero-order valence-corrected chi connectivity index (χ0v) is 11.2. The summed E-state index contributed by atoms with van der Waals surface area (Å²) in [6, 6.07) is 7.94. The molecule has 3 nitrogen and oxygen atoms in total. The van der Waals surface area contributed by atoms with Crippen molar-refractivity contribution in [3.8, 4) is 5.75 Å². The Hall–Kier alpha value is -1.16. The molecule has 1 heterocycles. The summed E-state index contributed by atoms with van der Waals surface area (Å²) in [6.07, 6.45) is 2.39. The van der Waals surface area contributed by atoms with Gasteiger partial charge in [0.15, 0.2) is 0 Å². The summed E-state index contributed by atoms with van der Waals surface area (Å²) in [5.41, 5.74) is 1.19. The highest BCUT2D eigenvalue weighted by molar-refractivity contribution is 7.85. The Labute approximate surface area is 104 Å². The van der Waals surface area contributed by atoms with Crippen molar-refractivity contribution in [2.24, 2.45) is 4.40 Å². The summed E-state index contributed by atoms with van der Waals surface area (Å²) >= 11 is 0. The molecule has 0 N–H and O–H groups in total. The average Bonchev–Trinajstić information content (AvgIpc) is 2.66. The second-order valence-corrected chi connectivity index (χ2v) is 7.02. The molecule has 0 aromatic heterocycles. The molecule has 0 saturated carbocycles. The summed E-state index contributed by atoms with van der Waals surface area (Å²) in [5, 5.41) is 0. The molecule has 92 valence electrons. The molecule has 4 heteroatoms. The lowest BCUT2D eigenvalue weighted by molar-refractivity contribution is 0.306. The van der Waals surface area contributed by atoms with Crippen molar-refractivity contribution in [3.05, 3.63) is 29.8 Å². The molecule has 1 aromatic rings. The highest BCUT2D eigenvalue weighted by Gasteiger charge is 2.22. The zero-order valence-electron chi connectivity index (χ0n) is 10.3. The predicted molar refractivity (Wildman–Crippen MR) is 70.9 cm³/mol. The first-order valence-corrected chi connectivity index (χ1v) is 6.78. The second-order valence-electron chi connectivity index (χ2n) is 5.08. The highest BCUT2D eigenvalue weighted by atomic mass is 32.2. The van der Waals surface area contributed by atoms with Gasteiger partial charge in [-0.3, -0.25) is 0 Å². The maximum absolute atomic E-state index is 11.8. The van der Waals surface area contributed by atoms with E-state index >= 15 is 0 Å². The molecule has 17 heavy (non-hydrogen) atoms. The summed E-state index contributed by atoms with van der Waals surface area (Å²) in [5.74, 6) is 0.908. The molecule has 1 unspecified atom stereocenters. The number of hydrogen-bond acceptors (Lipinski definition) is 2. The number of benzene rings is 1. The Bertz CT molecular complexity index is 438. The maximum atomic E-state index is 11.8. The van der Waals surface area contributed by atoms with Gasteiger partial charge in [-0.05, 0) is 32.4 Å². The van der Waals surface area contributed by atoms with Crippen molar-refractivity contribution in [3.63, 3.8) is 0 Å². The van der Waals surface area contributed by atoms with Crippen LogP contribution in [0.4, 0.5) is 0 Å². The number of ether oxygens (including phenoxy) is 1. The predicted octanol–water partition coefficient (Wildman–Crippen LogP) is 2.52. The van der Waals surface area contributed by atoms with Crippen molar-refractivity contribution in [2.75, 3.05) is 0 Å². The van der Waals surface area contributed by atoms with E-state index in [4.69, 9.17) is 4.74 Å². The van der Waals surface area contributed by atoms with Gasteiger partial charge in [-0.25, -0.2) is 4.21 Å². The van der Waals surface area contributed by atoms with Crippen LogP contribution in [0, 0.1) is 0 Å². The first-order valence-electron chi connectivity index (χ1n) is 5.67. The van der Waals surface area contributed by atoms with Gasteiger partial charge in [0.2, 0.25) is 0 Å². The zero-order chi connectivity index (χ0) is 12.5. The van der Waals surface area contributed by atoms with Gasteiger partial charge in [0.05, 0.1) is 11.0 Å². The molecule has 2 rings (SSSR count). The van der Waals surface area contributed by atoms with E-state index in [1.54, 1.807) is 6.21 Å². The first kappa shape index (κ1) is 12.3. The summed E-state index contributed by atoms with van der Waals surface area (Å²) in [6.45, 7) is 5.72. The van der Waals surface area contributed by atoms with Crippen LogP contribution in [-0.2, 0) is 17.4 Å². The Morgan fingerprint density at radius 3 is 2.76 bits per heavy atom. The molecule has 2 atom stereocenters. The third-order valence-electron chi connectivity index (χ3n) is 2.52. The molecule has 1 aliphatic heterocycles. The first-order chi connectivity index (χ1) is 7.97. The minimum absolute atomic E-state index is 0.0845. The lowest BCUT2D eigenvalue weighted by Gasteiger charge is -2.13. The van der Waals surface area contributed by atoms with Gasteiger partial charge in [-0.15, -0.1) is 0 Å². The topological polar surface area (TPSA) is 38.7 Å². The van der Waals surface area contributed by atoms with E-state index in [1.807, 2.05) is 45.0 Å². The number of fused-ring (bicyclic) bond motifs is 1. The fourth-order valence-corrected chi connectivity index (χ4v) is 2.14. The molecule has 0 aliphatic carbocycles. The van der Waals surface area contributed by atoms with Crippen molar-refractivity contribution in [1.82, 2.24) is 0 Å². The quantitative estimate of drug-likeness (QED) is 0.758. The summed E-state index contributed by atoms with van der Waals surface area (Å²) < 4.78 is 21.2. The number of para-hydroxylation sites is 1. The van der Waals surface area contributed by atoms with Crippen molar-refractivity contribution < 1.29 is 8.95 Å². The largest absolute Gasteiger partial charge is 0.484 e. The van der Waals surface area contributed by atoms with E-state index in [0.717, 1.165) is 12.2 Å². The van der Waals surface area contributed by atoms with Crippen LogP contribution in [0.5, 0.6) is 5.75 Å². The Morgan fingerprint density at radius 1 is 1.41 bits per heavy atom. The molecule has 1 aromatic carbocycles. The van der Waals surface area contributed by atoms with Crippen LogP contribution < -0.4 is 4.74 Å². The second kappa shape index (κ2) is 4.61. The van der Waals surface area contributed by atoms with Crippen LogP contribution in [0.1, 0.15) is 26.3 Å². The van der Waals surface area contributed by atoms with E-state index in [1.165, 1.54) is 5.56 Å². The van der Waals surface area contributed by atoms with Gasteiger partial charge in [0, 0.05) is 6.42 Å². The van der Waals surface area contributed by atoms with E-state index in [9.17, 15) is 4.21 Å². The van der Waals surface area contributed by atoms with Crippen LogP contribution in [-0.4, -0.2) is 21.3 Å². The van der Waals surface area contributed by atoms with Crippen LogP contribution in [0.15, 0.2) is 28.7 Å². The maximum Gasteiger partial charge on any atom is 0.144 e. The molecule has 0 spiro atoms. The van der Waals surface area contributed by atoms with Crippen LogP contribution in [0.3, 0.4) is 0 Å². The summed E-state index contributed by atoms with van der Waals surface area (Å²) in [4.78, 5) is 0. The summed E-state index contributed by atoms with van der Waals surface area (Å²) in [7, 11) is -1.21. The monoisotopic (exact) mass is 251 g/mol. The molecule has 0 fully saturated rings. The number of nitrogens with zero attached hydrogens (tertiary/aromatic N) is 1. The minimum Gasteiger partial charge on any atom is -0.484 e. The third kappa shape index (κ3) is 2.94. The molecular weight excluding hydrogens is 234 g/mol. The number of rotatable bonds is 2. The molecule has 1 aliphatic rings.